The first kappa shape index (κ1) is 12.1. The molecule has 1 saturated heterocycles. The van der Waals surface area contributed by atoms with Crippen molar-refractivity contribution in [3.05, 3.63) is 35.4 Å². The Hall–Kier alpha value is -1.39. The van der Waals surface area contributed by atoms with Gasteiger partial charge in [0.1, 0.15) is 0 Å². The number of hydrogen-bond acceptors (Lipinski definition) is 3. The lowest BCUT2D eigenvalue weighted by Crippen LogP contribution is -2.40. The molecule has 0 radical (unpaired) electrons. The summed E-state index contributed by atoms with van der Waals surface area (Å²) in [5.74, 6) is -0.0388. The lowest BCUT2D eigenvalue weighted by Gasteiger charge is -2.11. The van der Waals surface area contributed by atoms with Gasteiger partial charge in [0, 0.05) is 13.1 Å². The van der Waals surface area contributed by atoms with Gasteiger partial charge in [0.25, 0.3) is 0 Å². The summed E-state index contributed by atoms with van der Waals surface area (Å²) >= 11 is 0. The number of aliphatic hydroxyl groups excluding tert-OH is 1. The highest BCUT2D eigenvalue weighted by molar-refractivity contribution is 5.82. The summed E-state index contributed by atoms with van der Waals surface area (Å²) in [5, 5.41) is 15.2. The Labute approximate surface area is 101 Å². The van der Waals surface area contributed by atoms with Crippen LogP contribution >= 0.6 is 0 Å². The van der Waals surface area contributed by atoms with Crippen molar-refractivity contribution in [3.63, 3.8) is 0 Å². The minimum atomic E-state index is -0.398. The minimum absolute atomic E-state index is 0.0388. The molecule has 1 amide bonds. The van der Waals surface area contributed by atoms with E-state index in [1.165, 1.54) is 5.56 Å². The van der Waals surface area contributed by atoms with Gasteiger partial charge in [-0.15, -0.1) is 0 Å². The van der Waals surface area contributed by atoms with Crippen LogP contribution in [0.3, 0.4) is 0 Å². The molecule has 92 valence electrons. The Morgan fingerprint density at radius 1 is 1.59 bits per heavy atom. The highest BCUT2D eigenvalue weighted by Gasteiger charge is 2.27. The maximum Gasteiger partial charge on any atom is 0.237 e. The van der Waals surface area contributed by atoms with E-state index in [9.17, 15) is 9.90 Å². The van der Waals surface area contributed by atoms with E-state index in [0.29, 0.717) is 19.5 Å². The van der Waals surface area contributed by atoms with Crippen molar-refractivity contribution in [1.82, 2.24) is 10.6 Å². The fourth-order valence-electron chi connectivity index (χ4n) is 2.05. The SMILES string of the molecule is Cc1cccc(CNC(=O)[C@@H]2C[C@H](O)CN2)c1. The van der Waals surface area contributed by atoms with E-state index in [1.807, 2.05) is 25.1 Å². The number of amides is 1. The Kier molecular flexibility index (Phi) is 3.76. The Balaban J connectivity index is 1.84. The number of aliphatic hydroxyl groups is 1. The zero-order valence-corrected chi connectivity index (χ0v) is 9.94. The normalized spacial score (nSPS) is 23.6. The molecule has 2 atom stereocenters. The molecule has 1 fully saturated rings. The molecular formula is C13H18N2O2. The second-order valence-corrected chi connectivity index (χ2v) is 4.56. The smallest absolute Gasteiger partial charge is 0.237 e. The highest BCUT2D eigenvalue weighted by Crippen LogP contribution is 2.07. The van der Waals surface area contributed by atoms with Crippen LogP contribution in [0.15, 0.2) is 24.3 Å². The summed E-state index contributed by atoms with van der Waals surface area (Å²) in [6.07, 6.45) is 0.101. The average Bonchev–Trinajstić information content (AvgIpc) is 2.73. The lowest BCUT2D eigenvalue weighted by molar-refractivity contribution is -0.123. The van der Waals surface area contributed by atoms with Crippen LogP contribution in [0.25, 0.3) is 0 Å². The second-order valence-electron chi connectivity index (χ2n) is 4.56. The van der Waals surface area contributed by atoms with Crippen LogP contribution in [0.5, 0.6) is 0 Å². The number of aryl methyl sites for hydroxylation is 1. The van der Waals surface area contributed by atoms with Crippen molar-refractivity contribution in [2.24, 2.45) is 0 Å². The molecule has 3 N–H and O–H groups in total. The summed E-state index contributed by atoms with van der Waals surface area (Å²) in [6.45, 7) is 3.07. The summed E-state index contributed by atoms with van der Waals surface area (Å²) in [6, 6.07) is 7.80. The number of hydrogen-bond donors (Lipinski definition) is 3. The molecule has 17 heavy (non-hydrogen) atoms. The number of carbonyl (C=O) groups is 1. The van der Waals surface area contributed by atoms with Gasteiger partial charge in [-0.1, -0.05) is 29.8 Å². The van der Waals surface area contributed by atoms with Crippen molar-refractivity contribution in [1.29, 1.82) is 0 Å². The standard InChI is InChI=1S/C13H18N2O2/c1-9-3-2-4-10(5-9)7-15-13(17)12-6-11(16)8-14-12/h2-5,11-12,14,16H,6-8H2,1H3,(H,15,17)/t11-,12-/m0/s1. The first-order valence-electron chi connectivity index (χ1n) is 5.90. The number of nitrogens with one attached hydrogen (secondary N) is 2. The summed E-state index contributed by atoms with van der Waals surface area (Å²) in [4.78, 5) is 11.8. The van der Waals surface area contributed by atoms with Gasteiger partial charge in [-0.25, -0.2) is 0 Å². The Morgan fingerprint density at radius 3 is 3.06 bits per heavy atom. The van der Waals surface area contributed by atoms with E-state index in [1.54, 1.807) is 0 Å². The van der Waals surface area contributed by atoms with Gasteiger partial charge in [0.15, 0.2) is 0 Å². The third-order valence-electron chi connectivity index (χ3n) is 2.97. The van der Waals surface area contributed by atoms with Gasteiger partial charge in [-0.3, -0.25) is 4.79 Å². The molecule has 0 aliphatic carbocycles. The zero-order valence-electron chi connectivity index (χ0n) is 9.94. The predicted octanol–water partition coefficient (Wildman–Crippen LogP) is 0.334. The number of carbonyl (C=O) groups excluding carboxylic acids is 1. The third kappa shape index (κ3) is 3.28. The first-order valence-corrected chi connectivity index (χ1v) is 5.90. The highest BCUT2D eigenvalue weighted by atomic mass is 16.3. The van der Waals surface area contributed by atoms with E-state index in [-0.39, 0.29) is 11.9 Å². The predicted molar refractivity (Wildman–Crippen MR) is 65.4 cm³/mol. The molecule has 1 aromatic rings. The molecule has 1 aliphatic heterocycles. The quantitative estimate of drug-likeness (QED) is 0.706. The largest absolute Gasteiger partial charge is 0.392 e. The van der Waals surface area contributed by atoms with E-state index < -0.39 is 6.10 Å². The van der Waals surface area contributed by atoms with Crippen molar-refractivity contribution < 1.29 is 9.90 Å². The van der Waals surface area contributed by atoms with Gasteiger partial charge in [0.2, 0.25) is 5.91 Å². The fourth-order valence-corrected chi connectivity index (χ4v) is 2.05. The Bertz CT molecular complexity index is 406. The van der Waals surface area contributed by atoms with Crippen molar-refractivity contribution >= 4 is 5.91 Å². The molecule has 4 nitrogen and oxygen atoms in total. The van der Waals surface area contributed by atoms with Crippen LogP contribution in [-0.4, -0.2) is 29.7 Å². The molecule has 1 aliphatic rings. The lowest BCUT2D eigenvalue weighted by atomic mass is 10.1. The average molecular weight is 234 g/mol. The number of β-amino-alcohol motifs (C(OH)–C–C–N with tert-alkyl or cyclic N) is 1. The van der Waals surface area contributed by atoms with Crippen LogP contribution in [0.1, 0.15) is 17.5 Å². The van der Waals surface area contributed by atoms with Crippen molar-refractivity contribution in [2.75, 3.05) is 6.54 Å². The van der Waals surface area contributed by atoms with E-state index in [4.69, 9.17) is 0 Å². The summed E-state index contributed by atoms with van der Waals surface area (Å²) < 4.78 is 0. The van der Waals surface area contributed by atoms with Crippen LogP contribution in [-0.2, 0) is 11.3 Å². The van der Waals surface area contributed by atoms with Gasteiger partial charge < -0.3 is 15.7 Å². The molecular weight excluding hydrogens is 216 g/mol. The van der Waals surface area contributed by atoms with Gasteiger partial charge in [-0.05, 0) is 18.9 Å². The third-order valence-corrected chi connectivity index (χ3v) is 2.97. The molecule has 0 saturated carbocycles. The molecule has 0 unspecified atom stereocenters. The molecule has 4 heteroatoms. The summed E-state index contributed by atoms with van der Waals surface area (Å²) in [5.41, 5.74) is 2.28. The Morgan fingerprint density at radius 2 is 2.41 bits per heavy atom. The van der Waals surface area contributed by atoms with Gasteiger partial charge >= 0.3 is 0 Å². The van der Waals surface area contributed by atoms with Crippen LogP contribution in [0.2, 0.25) is 0 Å². The second kappa shape index (κ2) is 5.29. The number of benzene rings is 1. The molecule has 1 aromatic carbocycles. The minimum Gasteiger partial charge on any atom is -0.392 e. The summed E-state index contributed by atoms with van der Waals surface area (Å²) in [7, 11) is 0. The molecule has 0 spiro atoms. The van der Waals surface area contributed by atoms with Gasteiger partial charge in [0.05, 0.1) is 12.1 Å². The topological polar surface area (TPSA) is 61.4 Å². The van der Waals surface area contributed by atoms with Gasteiger partial charge in [-0.2, -0.15) is 0 Å². The monoisotopic (exact) mass is 234 g/mol. The van der Waals surface area contributed by atoms with Crippen molar-refractivity contribution in [3.8, 4) is 0 Å². The van der Waals surface area contributed by atoms with Crippen molar-refractivity contribution in [2.45, 2.75) is 32.0 Å². The van der Waals surface area contributed by atoms with Crippen LogP contribution in [0.4, 0.5) is 0 Å². The first-order chi connectivity index (χ1) is 8.15. The molecule has 0 aromatic heterocycles. The number of rotatable bonds is 3. The fraction of sp³-hybridized carbons (Fsp3) is 0.462. The molecule has 0 bridgehead atoms. The molecule has 1 heterocycles. The zero-order chi connectivity index (χ0) is 12.3. The van der Waals surface area contributed by atoms with E-state index in [2.05, 4.69) is 16.7 Å². The van der Waals surface area contributed by atoms with E-state index in [0.717, 1.165) is 5.56 Å². The molecule has 2 rings (SSSR count). The van der Waals surface area contributed by atoms with Crippen LogP contribution in [0, 0.1) is 6.92 Å². The maximum atomic E-state index is 11.8. The van der Waals surface area contributed by atoms with Crippen LogP contribution < -0.4 is 10.6 Å². The maximum absolute atomic E-state index is 11.8. The van der Waals surface area contributed by atoms with E-state index >= 15 is 0 Å².